The summed E-state index contributed by atoms with van der Waals surface area (Å²) in [5.41, 5.74) is 2.91. The number of benzene rings is 1. The van der Waals surface area contributed by atoms with Crippen molar-refractivity contribution in [3.63, 3.8) is 0 Å². The number of hydrogen-bond acceptors (Lipinski definition) is 3. The standard InChI is InChI=1S/C15H18ClN3/c1-11(2)15-17-10-14(13(9-16)18-15)19(3)12-7-5-4-6-8-12/h4-8,10-11H,9H2,1-3H3. The largest absolute Gasteiger partial charge is 0.342 e. The molecule has 0 spiro atoms. The van der Waals surface area contributed by atoms with Crippen molar-refractivity contribution in [2.75, 3.05) is 11.9 Å². The lowest BCUT2D eigenvalue weighted by atomic mass is 10.2. The Kier molecular flexibility index (Phi) is 4.38. The van der Waals surface area contributed by atoms with Crippen LogP contribution in [0.25, 0.3) is 0 Å². The molecule has 4 heteroatoms. The quantitative estimate of drug-likeness (QED) is 0.787. The molecule has 0 radical (unpaired) electrons. The molecule has 0 aliphatic carbocycles. The van der Waals surface area contributed by atoms with Crippen molar-refractivity contribution < 1.29 is 0 Å². The van der Waals surface area contributed by atoms with Gasteiger partial charge in [-0.25, -0.2) is 9.97 Å². The zero-order valence-corrected chi connectivity index (χ0v) is 12.2. The monoisotopic (exact) mass is 275 g/mol. The summed E-state index contributed by atoms with van der Waals surface area (Å²) in [4.78, 5) is 11.0. The van der Waals surface area contributed by atoms with Gasteiger partial charge in [0, 0.05) is 18.7 Å². The van der Waals surface area contributed by atoms with Gasteiger partial charge in [-0.2, -0.15) is 0 Å². The Hall–Kier alpha value is -1.61. The molecular formula is C15H18ClN3. The van der Waals surface area contributed by atoms with E-state index in [4.69, 9.17) is 11.6 Å². The molecule has 0 amide bonds. The lowest BCUT2D eigenvalue weighted by Crippen LogP contribution is -2.14. The summed E-state index contributed by atoms with van der Waals surface area (Å²) < 4.78 is 0. The molecule has 19 heavy (non-hydrogen) atoms. The van der Waals surface area contributed by atoms with E-state index < -0.39 is 0 Å². The Bertz CT molecular complexity index is 540. The highest BCUT2D eigenvalue weighted by atomic mass is 35.5. The molecule has 100 valence electrons. The molecule has 1 aromatic carbocycles. The van der Waals surface area contributed by atoms with Crippen molar-refractivity contribution in [3.05, 3.63) is 48.0 Å². The molecule has 0 N–H and O–H groups in total. The fourth-order valence-corrected chi connectivity index (χ4v) is 2.07. The van der Waals surface area contributed by atoms with Gasteiger partial charge in [0.2, 0.25) is 0 Å². The Morgan fingerprint density at radius 3 is 2.47 bits per heavy atom. The van der Waals surface area contributed by atoms with E-state index >= 15 is 0 Å². The van der Waals surface area contributed by atoms with Gasteiger partial charge in [0.05, 0.1) is 23.5 Å². The van der Waals surface area contributed by atoms with Gasteiger partial charge in [-0.1, -0.05) is 32.0 Å². The van der Waals surface area contributed by atoms with Crippen molar-refractivity contribution in [1.82, 2.24) is 9.97 Å². The van der Waals surface area contributed by atoms with Crippen LogP contribution in [0, 0.1) is 0 Å². The average molecular weight is 276 g/mol. The molecule has 1 heterocycles. The molecule has 0 aliphatic heterocycles. The highest BCUT2D eigenvalue weighted by Crippen LogP contribution is 2.27. The van der Waals surface area contributed by atoms with Crippen LogP contribution in [0.3, 0.4) is 0 Å². The van der Waals surface area contributed by atoms with Gasteiger partial charge in [-0.15, -0.1) is 11.6 Å². The van der Waals surface area contributed by atoms with Crippen LogP contribution in [-0.2, 0) is 5.88 Å². The Morgan fingerprint density at radius 2 is 1.89 bits per heavy atom. The smallest absolute Gasteiger partial charge is 0.131 e. The lowest BCUT2D eigenvalue weighted by Gasteiger charge is -2.21. The van der Waals surface area contributed by atoms with Gasteiger partial charge < -0.3 is 4.90 Å². The van der Waals surface area contributed by atoms with E-state index in [9.17, 15) is 0 Å². The molecule has 2 aromatic rings. The number of nitrogens with zero attached hydrogens (tertiary/aromatic N) is 3. The second kappa shape index (κ2) is 6.02. The maximum absolute atomic E-state index is 6.02. The van der Waals surface area contributed by atoms with E-state index in [1.807, 2.05) is 43.6 Å². The summed E-state index contributed by atoms with van der Waals surface area (Å²) in [5.74, 6) is 1.52. The summed E-state index contributed by atoms with van der Waals surface area (Å²) in [6.45, 7) is 4.15. The van der Waals surface area contributed by atoms with E-state index in [1.54, 1.807) is 0 Å². The molecule has 0 saturated carbocycles. The first kappa shape index (κ1) is 13.8. The van der Waals surface area contributed by atoms with Crippen molar-refractivity contribution in [3.8, 4) is 0 Å². The highest BCUT2D eigenvalue weighted by Gasteiger charge is 2.13. The molecule has 0 fully saturated rings. The third-order valence-electron chi connectivity index (χ3n) is 3.01. The van der Waals surface area contributed by atoms with Crippen molar-refractivity contribution in [1.29, 1.82) is 0 Å². The number of aromatic nitrogens is 2. The minimum absolute atomic E-state index is 0.304. The zero-order valence-electron chi connectivity index (χ0n) is 11.5. The van der Waals surface area contributed by atoms with Crippen LogP contribution in [0.5, 0.6) is 0 Å². The SMILES string of the molecule is CC(C)c1ncc(N(C)c2ccccc2)c(CCl)n1. The molecule has 0 aliphatic rings. The fourth-order valence-electron chi connectivity index (χ4n) is 1.87. The summed E-state index contributed by atoms with van der Waals surface area (Å²) >= 11 is 6.02. The molecule has 1 aromatic heterocycles. The van der Waals surface area contributed by atoms with Crippen molar-refractivity contribution >= 4 is 23.0 Å². The van der Waals surface area contributed by atoms with Crippen LogP contribution in [0.15, 0.2) is 36.5 Å². The van der Waals surface area contributed by atoms with Crippen LogP contribution >= 0.6 is 11.6 Å². The van der Waals surface area contributed by atoms with E-state index in [2.05, 4.69) is 28.7 Å². The van der Waals surface area contributed by atoms with Gasteiger partial charge >= 0.3 is 0 Å². The minimum Gasteiger partial charge on any atom is -0.342 e. The summed E-state index contributed by atoms with van der Waals surface area (Å²) in [6, 6.07) is 10.1. The molecule has 0 unspecified atom stereocenters. The highest BCUT2D eigenvalue weighted by molar-refractivity contribution is 6.17. The van der Waals surface area contributed by atoms with E-state index in [1.165, 1.54) is 0 Å². The first-order chi connectivity index (χ1) is 9.13. The van der Waals surface area contributed by atoms with Crippen molar-refractivity contribution in [2.24, 2.45) is 0 Å². The third-order valence-corrected chi connectivity index (χ3v) is 3.27. The summed E-state index contributed by atoms with van der Waals surface area (Å²) in [6.07, 6.45) is 1.85. The number of para-hydroxylation sites is 1. The molecule has 0 bridgehead atoms. The van der Waals surface area contributed by atoms with Gasteiger partial charge in [0.1, 0.15) is 5.82 Å². The Morgan fingerprint density at radius 1 is 1.21 bits per heavy atom. The maximum Gasteiger partial charge on any atom is 0.131 e. The lowest BCUT2D eigenvalue weighted by molar-refractivity contribution is 0.763. The van der Waals surface area contributed by atoms with Gasteiger partial charge in [0.15, 0.2) is 0 Å². The van der Waals surface area contributed by atoms with Gasteiger partial charge in [-0.05, 0) is 12.1 Å². The maximum atomic E-state index is 6.02. The van der Waals surface area contributed by atoms with Gasteiger partial charge in [0.25, 0.3) is 0 Å². The Balaban J connectivity index is 2.39. The summed E-state index contributed by atoms with van der Waals surface area (Å²) in [7, 11) is 2.00. The fraction of sp³-hybridized carbons (Fsp3) is 0.333. The first-order valence-electron chi connectivity index (χ1n) is 6.34. The molecule has 2 rings (SSSR count). The second-order valence-corrected chi connectivity index (χ2v) is 5.01. The van der Waals surface area contributed by atoms with Crippen LogP contribution < -0.4 is 4.90 Å². The zero-order chi connectivity index (χ0) is 13.8. The average Bonchev–Trinajstić information content (AvgIpc) is 2.46. The predicted molar refractivity (Wildman–Crippen MR) is 80.2 cm³/mol. The topological polar surface area (TPSA) is 29.0 Å². The molecular weight excluding hydrogens is 258 g/mol. The second-order valence-electron chi connectivity index (χ2n) is 4.74. The van der Waals surface area contributed by atoms with Crippen LogP contribution in [0.2, 0.25) is 0 Å². The number of hydrogen-bond donors (Lipinski definition) is 0. The normalized spacial score (nSPS) is 10.8. The number of rotatable bonds is 4. The minimum atomic E-state index is 0.304. The van der Waals surface area contributed by atoms with Gasteiger partial charge in [-0.3, -0.25) is 0 Å². The number of alkyl halides is 1. The predicted octanol–water partition coefficient (Wildman–Crippen LogP) is 4.11. The van der Waals surface area contributed by atoms with Crippen LogP contribution in [0.1, 0.15) is 31.3 Å². The van der Waals surface area contributed by atoms with E-state index in [0.717, 1.165) is 22.9 Å². The first-order valence-corrected chi connectivity index (χ1v) is 6.87. The summed E-state index contributed by atoms with van der Waals surface area (Å²) in [5, 5.41) is 0. The van der Waals surface area contributed by atoms with Crippen LogP contribution in [-0.4, -0.2) is 17.0 Å². The Labute approximate surface area is 119 Å². The molecule has 3 nitrogen and oxygen atoms in total. The third kappa shape index (κ3) is 3.04. The van der Waals surface area contributed by atoms with E-state index in [0.29, 0.717) is 11.8 Å². The van der Waals surface area contributed by atoms with E-state index in [-0.39, 0.29) is 0 Å². The molecule has 0 atom stereocenters. The molecule has 0 saturated heterocycles. The van der Waals surface area contributed by atoms with Crippen molar-refractivity contribution in [2.45, 2.75) is 25.6 Å². The number of halogens is 1. The van der Waals surface area contributed by atoms with Crippen LogP contribution in [0.4, 0.5) is 11.4 Å². The number of anilines is 2.